The smallest absolute Gasteiger partial charge is 0.146 e. The van der Waals surface area contributed by atoms with E-state index in [1.54, 1.807) is 30.1 Å². The van der Waals surface area contributed by atoms with Gasteiger partial charge in [0.05, 0.1) is 5.69 Å². The third kappa shape index (κ3) is 2.57. The number of benzene rings is 1. The van der Waals surface area contributed by atoms with Gasteiger partial charge in [-0.15, -0.1) is 0 Å². The van der Waals surface area contributed by atoms with Crippen LogP contribution in [0.4, 0.5) is 21.7 Å². The molecule has 1 aromatic heterocycles. The number of nitrogens with zero attached hydrogens (tertiary/aromatic N) is 3. The van der Waals surface area contributed by atoms with Crippen molar-refractivity contribution in [2.24, 2.45) is 0 Å². The Kier molecular flexibility index (Phi) is 3.88. The van der Waals surface area contributed by atoms with E-state index in [1.807, 2.05) is 20.8 Å². The molecule has 0 fully saturated rings. The largest absolute Gasteiger partial charge is 0.383 e. The number of hydrogen-bond acceptors (Lipinski definition) is 4. The van der Waals surface area contributed by atoms with Crippen LogP contribution in [0.1, 0.15) is 31.2 Å². The van der Waals surface area contributed by atoms with Gasteiger partial charge in [-0.05, 0) is 19.1 Å². The molecule has 0 amide bonds. The molecule has 4 nitrogen and oxygen atoms in total. The number of rotatable bonds is 3. The van der Waals surface area contributed by atoms with E-state index in [0.717, 1.165) is 5.56 Å². The van der Waals surface area contributed by atoms with Crippen LogP contribution in [0.15, 0.2) is 24.3 Å². The Morgan fingerprint density at radius 3 is 2.45 bits per heavy atom. The topological polar surface area (TPSA) is 55.0 Å². The van der Waals surface area contributed by atoms with Gasteiger partial charge in [-0.2, -0.15) is 0 Å². The van der Waals surface area contributed by atoms with Crippen LogP contribution >= 0.6 is 0 Å². The van der Waals surface area contributed by atoms with Gasteiger partial charge in [0.1, 0.15) is 23.3 Å². The molecule has 5 heteroatoms. The minimum atomic E-state index is -0.294. The van der Waals surface area contributed by atoms with Crippen molar-refractivity contribution in [2.75, 3.05) is 17.7 Å². The van der Waals surface area contributed by atoms with E-state index in [1.165, 1.54) is 6.07 Å². The van der Waals surface area contributed by atoms with E-state index in [2.05, 4.69) is 9.97 Å². The van der Waals surface area contributed by atoms with Gasteiger partial charge < -0.3 is 10.6 Å². The fraction of sp³-hybridized carbons (Fsp3) is 0.333. The molecule has 2 rings (SSSR count). The average Bonchev–Trinajstić information content (AvgIpc) is 2.41. The first-order chi connectivity index (χ1) is 9.41. The van der Waals surface area contributed by atoms with Crippen LogP contribution < -0.4 is 10.6 Å². The third-order valence-electron chi connectivity index (χ3n) is 3.22. The van der Waals surface area contributed by atoms with E-state index in [-0.39, 0.29) is 11.7 Å². The lowest BCUT2D eigenvalue weighted by Gasteiger charge is -2.22. The van der Waals surface area contributed by atoms with Crippen LogP contribution in [0.2, 0.25) is 0 Å². The first kappa shape index (κ1) is 14.2. The second-order valence-electron chi connectivity index (χ2n) is 5.08. The van der Waals surface area contributed by atoms with Crippen molar-refractivity contribution in [3.05, 3.63) is 41.5 Å². The van der Waals surface area contributed by atoms with Crippen molar-refractivity contribution in [2.45, 2.75) is 26.7 Å². The van der Waals surface area contributed by atoms with Gasteiger partial charge >= 0.3 is 0 Å². The van der Waals surface area contributed by atoms with Crippen LogP contribution in [0.3, 0.4) is 0 Å². The van der Waals surface area contributed by atoms with Crippen molar-refractivity contribution < 1.29 is 4.39 Å². The van der Waals surface area contributed by atoms with Crippen molar-refractivity contribution in [1.82, 2.24) is 9.97 Å². The van der Waals surface area contributed by atoms with Gasteiger partial charge in [0.15, 0.2) is 0 Å². The Hall–Kier alpha value is -2.17. The molecule has 0 aliphatic heterocycles. The first-order valence-electron chi connectivity index (χ1n) is 6.54. The van der Waals surface area contributed by atoms with Crippen LogP contribution in [0, 0.1) is 12.7 Å². The van der Waals surface area contributed by atoms with Gasteiger partial charge in [0.25, 0.3) is 0 Å². The summed E-state index contributed by atoms with van der Waals surface area (Å²) in [5, 5.41) is 0. The standard InChI is InChI=1S/C15H19FN4/c1-9(2)14-18-13(17)10(3)15(19-14)20(4)12-8-6-5-7-11(12)16/h5-9H,1-4H3,(H2,17,18,19). The SMILES string of the molecule is Cc1c(N)nc(C(C)C)nc1N(C)c1ccccc1F. The molecule has 0 atom stereocenters. The van der Waals surface area contributed by atoms with Crippen LogP contribution in [0.5, 0.6) is 0 Å². The van der Waals surface area contributed by atoms with Gasteiger partial charge in [-0.3, -0.25) is 0 Å². The quantitative estimate of drug-likeness (QED) is 0.932. The summed E-state index contributed by atoms with van der Waals surface area (Å²) < 4.78 is 13.9. The molecule has 2 aromatic rings. The molecule has 106 valence electrons. The van der Waals surface area contributed by atoms with Gasteiger partial charge in [-0.1, -0.05) is 26.0 Å². The number of aromatic nitrogens is 2. The molecule has 2 N–H and O–H groups in total. The zero-order valence-electron chi connectivity index (χ0n) is 12.2. The van der Waals surface area contributed by atoms with Crippen LogP contribution in [-0.4, -0.2) is 17.0 Å². The molecule has 1 heterocycles. The van der Waals surface area contributed by atoms with Gasteiger partial charge in [0, 0.05) is 18.5 Å². The Morgan fingerprint density at radius 1 is 1.20 bits per heavy atom. The van der Waals surface area contributed by atoms with Crippen molar-refractivity contribution in [1.29, 1.82) is 0 Å². The van der Waals surface area contributed by atoms with Crippen molar-refractivity contribution in [3.63, 3.8) is 0 Å². The maximum absolute atomic E-state index is 13.9. The third-order valence-corrected chi connectivity index (χ3v) is 3.22. The normalized spacial score (nSPS) is 10.9. The highest BCUT2D eigenvalue weighted by Gasteiger charge is 2.17. The van der Waals surface area contributed by atoms with Gasteiger partial charge in [-0.25, -0.2) is 14.4 Å². The molecule has 0 unspecified atom stereocenters. The number of halogens is 1. The molecule has 0 aliphatic carbocycles. The molecule has 0 bridgehead atoms. The molecule has 1 aromatic carbocycles. The summed E-state index contributed by atoms with van der Waals surface area (Å²) in [5.41, 5.74) is 7.15. The zero-order chi connectivity index (χ0) is 14.9. The fourth-order valence-corrected chi connectivity index (χ4v) is 1.96. The summed E-state index contributed by atoms with van der Waals surface area (Å²) >= 11 is 0. The Bertz CT molecular complexity index is 625. The van der Waals surface area contributed by atoms with Crippen LogP contribution in [-0.2, 0) is 0 Å². The molecule has 20 heavy (non-hydrogen) atoms. The minimum absolute atomic E-state index is 0.158. The molecule has 0 radical (unpaired) electrons. The van der Waals surface area contributed by atoms with Crippen molar-refractivity contribution in [3.8, 4) is 0 Å². The van der Waals surface area contributed by atoms with Crippen molar-refractivity contribution >= 4 is 17.3 Å². The van der Waals surface area contributed by atoms with E-state index >= 15 is 0 Å². The summed E-state index contributed by atoms with van der Waals surface area (Å²) in [4.78, 5) is 10.5. The maximum Gasteiger partial charge on any atom is 0.146 e. The summed E-state index contributed by atoms with van der Waals surface area (Å²) in [6.07, 6.45) is 0. The highest BCUT2D eigenvalue weighted by molar-refractivity contribution is 5.66. The summed E-state index contributed by atoms with van der Waals surface area (Å²) in [6, 6.07) is 6.59. The number of nitrogens with two attached hydrogens (primary N) is 1. The van der Waals surface area contributed by atoms with E-state index in [0.29, 0.717) is 23.1 Å². The lowest BCUT2D eigenvalue weighted by molar-refractivity contribution is 0.627. The molecule has 0 saturated heterocycles. The van der Waals surface area contributed by atoms with Crippen LogP contribution in [0.25, 0.3) is 0 Å². The second kappa shape index (κ2) is 5.45. The Morgan fingerprint density at radius 2 is 1.85 bits per heavy atom. The zero-order valence-corrected chi connectivity index (χ0v) is 12.2. The monoisotopic (exact) mass is 274 g/mol. The molecule has 0 saturated carbocycles. The number of nitrogen functional groups attached to an aromatic ring is 1. The summed E-state index contributed by atoms with van der Waals surface area (Å²) in [5.74, 6) is 1.59. The summed E-state index contributed by atoms with van der Waals surface area (Å²) in [7, 11) is 1.78. The first-order valence-corrected chi connectivity index (χ1v) is 6.54. The minimum Gasteiger partial charge on any atom is -0.383 e. The van der Waals surface area contributed by atoms with E-state index < -0.39 is 0 Å². The average molecular weight is 274 g/mol. The maximum atomic E-state index is 13.9. The fourth-order valence-electron chi connectivity index (χ4n) is 1.96. The highest BCUT2D eigenvalue weighted by Crippen LogP contribution is 2.30. The lowest BCUT2D eigenvalue weighted by atomic mass is 10.2. The molecular weight excluding hydrogens is 255 g/mol. The lowest BCUT2D eigenvalue weighted by Crippen LogP contribution is -2.17. The molecular formula is C15H19FN4. The van der Waals surface area contributed by atoms with E-state index in [9.17, 15) is 4.39 Å². The predicted octanol–water partition coefficient (Wildman–Crippen LogP) is 3.40. The van der Waals surface area contributed by atoms with E-state index in [4.69, 9.17) is 5.73 Å². The molecule has 0 spiro atoms. The molecule has 0 aliphatic rings. The Balaban J connectivity index is 2.54. The predicted molar refractivity (Wildman–Crippen MR) is 79.7 cm³/mol. The number of anilines is 3. The summed E-state index contributed by atoms with van der Waals surface area (Å²) in [6.45, 7) is 5.83. The van der Waals surface area contributed by atoms with Gasteiger partial charge in [0.2, 0.25) is 0 Å². The second-order valence-corrected chi connectivity index (χ2v) is 5.08. The number of hydrogen-bond donors (Lipinski definition) is 1. The highest BCUT2D eigenvalue weighted by atomic mass is 19.1. The number of para-hydroxylation sites is 1. The Labute approximate surface area is 118 Å².